The Morgan fingerprint density at radius 1 is 1.57 bits per heavy atom. The van der Waals surface area contributed by atoms with E-state index >= 15 is 0 Å². The second-order valence-electron chi connectivity index (χ2n) is 4.81. The number of nitrogens with one attached hydrogen (secondary N) is 1. The summed E-state index contributed by atoms with van der Waals surface area (Å²) in [6.45, 7) is 4.76. The summed E-state index contributed by atoms with van der Waals surface area (Å²) in [6.07, 6.45) is 1.36. The minimum absolute atomic E-state index is 0.0930. The molecular formula is C14H18BrN3O3. The number of nitriles is 1. The first kappa shape index (κ1) is 17.4. The third-order valence-electron chi connectivity index (χ3n) is 3.00. The highest BCUT2D eigenvalue weighted by molar-refractivity contribution is 9.10. The first-order valence-corrected chi connectivity index (χ1v) is 7.45. The molecule has 1 N–H and O–H groups in total. The van der Waals surface area contributed by atoms with Crippen LogP contribution >= 0.6 is 15.9 Å². The Balaban J connectivity index is 2.72. The molecule has 1 atom stereocenters. The standard InChI is InChI=1S/C14H18BrN3O3/c1-3-8-17-14(2,10-16)7-9-21-13-11(15)5-4-6-12(13)18(19)20/h4-6,17H,3,7-9H2,1-2H3. The molecule has 0 aliphatic carbocycles. The Kier molecular flexibility index (Phi) is 6.59. The van der Waals surface area contributed by atoms with Gasteiger partial charge in [-0.1, -0.05) is 13.0 Å². The highest BCUT2D eigenvalue weighted by atomic mass is 79.9. The molecule has 0 aliphatic heterocycles. The van der Waals surface area contributed by atoms with Gasteiger partial charge in [0.05, 0.1) is 22.1 Å². The topological polar surface area (TPSA) is 88.2 Å². The van der Waals surface area contributed by atoms with Gasteiger partial charge in [-0.2, -0.15) is 5.26 Å². The average molecular weight is 356 g/mol. The second-order valence-corrected chi connectivity index (χ2v) is 5.67. The van der Waals surface area contributed by atoms with Crippen LogP contribution in [0.25, 0.3) is 0 Å². The maximum atomic E-state index is 11.0. The zero-order chi connectivity index (χ0) is 15.9. The van der Waals surface area contributed by atoms with Crippen molar-refractivity contribution in [3.8, 4) is 11.8 Å². The van der Waals surface area contributed by atoms with Gasteiger partial charge in [-0.3, -0.25) is 15.4 Å². The summed E-state index contributed by atoms with van der Waals surface area (Å²) in [7, 11) is 0. The largest absolute Gasteiger partial charge is 0.486 e. The van der Waals surface area contributed by atoms with Crippen molar-refractivity contribution in [1.82, 2.24) is 5.32 Å². The zero-order valence-corrected chi connectivity index (χ0v) is 13.6. The lowest BCUT2D eigenvalue weighted by atomic mass is 10.0. The number of rotatable bonds is 8. The molecule has 1 unspecified atom stereocenters. The van der Waals surface area contributed by atoms with Crippen LogP contribution in [0.4, 0.5) is 5.69 Å². The first-order valence-electron chi connectivity index (χ1n) is 6.65. The smallest absolute Gasteiger partial charge is 0.312 e. The predicted molar refractivity (Wildman–Crippen MR) is 83.2 cm³/mol. The van der Waals surface area contributed by atoms with E-state index in [-0.39, 0.29) is 18.0 Å². The molecule has 1 rings (SSSR count). The molecule has 0 amide bonds. The van der Waals surface area contributed by atoms with Crippen molar-refractivity contribution in [2.24, 2.45) is 0 Å². The van der Waals surface area contributed by atoms with E-state index in [1.807, 2.05) is 6.92 Å². The number of nitrogens with zero attached hydrogens (tertiary/aromatic N) is 2. The van der Waals surface area contributed by atoms with Crippen LogP contribution in [0.3, 0.4) is 0 Å². The number of nitro benzene ring substituents is 1. The third-order valence-corrected chi connectivity index (χ3v) is 3.63. The second kappa shape index (κ2) is 7.96. The van der Waals surface area contributed by atoms with Crippen LogP contribution < -0.4 is 10.1 Å². The van der Waals surface area contributed by atoms with Crippen molar-refractivity contribution in [3.63, 3.8) is 0 Å². The Morgan fingerprint density at radius 2 is 2.29 bits per heavy atom. The summed E-state index contributed by atoms with van der Waals surface area (Å²) in [5.41, 5.74) is -0.795. The summed E-state index contributed by atoms with van der Waals surface area (Å²) < 4.78 is 6.05. The number of hydrogen-bond acceptors (Lipinski definition) is 5. The van der Waals surface area contributed by atoms with Gasteiger partial charge in [-0.15, -0.1) is 0 Å². The van der Waals surface area contributed by atoms with Gasteiger partial charge in [0.2, 0.25) is 5.75 Å². The molecule has 0 heterocycles. The molecule has 0 saturated carbocycles. The van der Waals surface area contributed by atoms with E-state index in [2.05, 4.69) is 27.3 Å². The molecule has 0 fully saturated rings. The minimum Gasteiger partial charge on any atom is -0.486 e. The summed E-state index contributed by atoms with van der Waals surface area (Å²) >= 11 is 3.25. The normalized spacial score (nSPS) is 13.2. The lowest BCUT2D eigenvalue weighted by Crippen LogP contribution is -2.42. The summed E-state index contributed by atoms with van der Waals surface area (Å²) in [4.78, 5) is 10.5. The summed E-state index contributed by atoms with van der Waals surface area (Å²) in [5.74, 6) is 0.193. The van der Waals surface area contributed by atoms with Crippen LogP contribution in [0.1, 0.15) is 26.7 Å². The minimum atomic E-state index is -0.702. The molecule has 1 aromatic rings. The average Bonchev–Trinajstić information content (AvgIpc) is 2.46. The number of benzene rings is 1. The van der Waals surface area contributed by atoms with Gasteiger partial charge in [0, 0.05) is 12.5 Å². The molecule has 21 heavy (non-hydrogen) atoms. The Labute approximate surface area is 132 Å². The number of ether oxygens (including phenoxy) is 1. The molecule has 0 aliphatic rings. The number of hydrogen-bond donors (Lipinski definition) is 1. The Hall–Kier alpha value is -1.65. The van der Waals surface area contributed by atoms with Crippen molar-refractivity contribution in [2.45, 2.75) is 32.2 Å². The van der Waals surface area contributed by atoms with Crippen LogP contribution in [-0.4, -0.2) is 23.6 Å². The molecule has 114 valence electrons. The van der Waals surface area contributed by atoms with E-state index in [1.54, 1.807) is 19.1 Å². The quantitative estimate of drug-likeness (QED) is 0.570. The van der Waals surface area contributed by atoms with Gasteiger partial charge in [-0.05, 0) is 41.9 Å². The monoisotopic (exact) mass is 355 g/mol. The van der Waals surface area contributed by atoms with E-state index in [1.165, 1.54) is 6.07 Å². The number of nitro groups is 1. The fourth-order valence-electron chi connectivity index (χ4n) is 1.73. The molecule has 0 spiro atoms. The molecule has 0 radical (unpaired) electrons. The molecule has 7 heteroatoms. The van der Waals surface area contributed by atoms with Gasteiger partial charge in [0.25, 0.3) is 0 Å². The van der Waals surface area contributed by atoms with Crippen molar-refractivity contribution in [2.75, 3.05) is 13.2 Å². The van der Waals surface area contributed by atoms with Gasteiger partial charge in [-0.25, -0.2) is 0 Å². The van der Waals surface area contributed by atoms with E-state index < -0.39 is 10.5 Å². The van der Waals surface area contributed by atoms with Crippen LogP contribution in [0.2, 0.25) is 0 Å². The fourth-order valence-corrected chi connectivity index (χ4v) is 2.20. The highest BCUT2D eigenvalue weighted by Crippen LogP contribution is 2.34. The maximum absolute atomic E-state index is 11.0. The Bertz CT molecular complexity index is 545. The first-order chi connectivity index (χ1) is 9.93. The lowest BCUT2D eigenvalue weighted by Gasteiger charge is -2.23. The van der Waals surface area contributed by atoms with E-state index in [0.29, 0.717) is 10.9 Å². The van der Waals surface area contributed by atoms with Crippen LogP contribution in [0, 0.1) is 21.4 Å². The van der Waals surface area contributed by atoms with E-state index in [4.69, 9.17) is 4.74 Å². The molecular weight excluding hydrogens is 338 g/mol. The summed E-state index contributed by atoms with van der Waals surface area (Å²) in [5, 5.41) is 23.3. The van der Waals surface area contributed by atoms with Gasteiger partial charge in [0.15, 0.2) is 0 Å². The van der Waals surface area contributed by atoms with Crippen molar-refractivity contribution in [1.29, 1.82) is 5.26 Å². The predicted octanol–water partition coefficient (Wildman–Crippen LogP) is 3.41. The van der Waals surface area contributed by atoms with Crippen LogP contribution in [-0.2, 0) is 0 Å². The molecule has 6 nitrogen and oxygen atoms in total. The maximum Gasteiger partial charge on any atom is 0.312 e. The molecule has 0 saturated heterocycles. The van der Waals surface area contributed by atoms with Crippen molar-refractivity contribution in [3.05, 3.63) is 32.8 Å². The molecule has 1 aromatic carbocycles. The van der Waals surface area contributed by atoms with Gasteiger partial charge in [0.1, 0.15) is 5.54 Å². The fraction of sp³-hybridized carbons (Fsp3) is 0.500. The number of para-hydroxylation sites is 1. The lowest BCUT2D eigenvalue weighted by molar-refractivity contribution is -0.386. The highest BCUT2D eigenvalue weighted by Gasteiger charge is 2.24. The Morgan fingerprint density at radius 3 is 2.86 bits per heavy atom. The van der Waals surface area contributed by atoms with Gasteiger partial charge < -0.3 is 4.74 Å². The van der Waals surface area contributed by atoms with Crippen LogP contribution in [0.15, 0.2) is 22.7 Å². The van der Waals surface area contributed by atoms with Crippen molar-refractivity contribution < 1.29 is 9.66 Å². The summed E-state index contributed by atoms with van der Waals surface area (Å²) in [6, 6.07) is 6.86. The third kappa shape index (κ3) is 4.99. The zero-order valence-electron chi connectivity index (χ0n) is 12.1. The molecule has 0 bridgehead atoms. The van der Waals surface area contributed by atoms with Gasteiger partial charge >= 0.3 is 5.69 Å². The van der Waals surface area contributed by atoms with E-state index in [9.17, 15) is 15.4 Å². The van der Waals surface area contributed by atoms with E-state index in [0.717, 1.165) is 13.0 Å². The number of halogens is 1. The molecule has 0 aromatic heterocycles. The van der Waals surface area contributed by atoms with Crippen molar-refractivity contribution >= 4 is 21.6 Å². The SMILES string of the molecule is CCCNC(C)(C#N)CCOc1c(Br)cccc1[N+](=O)[O-]. The van der Waals surface area contributed by atoms with Crippen LogP contribution in [0.5, 0.6) is 5.75 Å².